The van der Waals surface area contributed by atoms with Crippen molar-refractivity contribution in [3.63, 3.8) is 0 Å². The van der Waals surface area contributed by atoms with Gasteiger partial charge in [-0.15, -0.1) is 0 Å². The van der Waals surface area contributed by atoms with Crippen molar-refractivity contribution in [2.75, 3.05) is 0 Å². The summed E-state index contributed by atoms with van der Waals surface area (Å²) in [5.41, 5.74) is 0. The predicted molar refractivity (Wildman–Crippen MR) is 17.7 cm³/mol. The number of rotatable bonds is 0. The molecule has 0 unspecified atom stereocenters. The Morgan fingerprint density at radius 2 is 1.50 bits per heavy atom. The van der Waals surface area contributed by atoms with Crippen LogP contribution in [0.15, 0.2) is 0 Å². The number of hydrogen-bond donors (Lipinski definition) is 2. The van der Waals surface area contributed by atoms with Gasteiger partial charge in [-0.1, -0.05) is 0 Å². The zero-order valence-corrected chi connectivity index (χ0v) is 5.44. The molecule has 0 spiro atoms. The molecule has 0 atom stereocenters. The molecule has 0 fully saturated rings. The van der Waals surface area contributed by atoms with E-state index in [0.717, 1.165) is 0 Å². The van der Waals surface area contributed by atoms with Crippen LogP contribution in [0.3, 0.4) is 0 Å². The number of carboxylic acids is 2. The van der Waals surface area contributed by atoms with Crippen LogP contribution in [-0.4, -0.2) is 17.0 Å². The van der Waals surface area contributed by atoms with E-state index in [4.69, 9.17) is 19.8 Å². The molecule has 0 amide bonds. The molecule has 5 nitrogen and oxygen atoms in total. The van der Waals surface area contributed by atoms with Crippen molar-refractivity contribution in [3.8, 4) is 0 Å². The fourth-order valence-electron chi connectivity index (χ4n) is 0. The van der Waals surface area contributed by atoms with E-state index in [1.165, 1.54) is 0 Å². The molecule has 0 rings (SSSR count). The minimum atomic E-state index is -2.07. The maximum atomic E-state index is 9.04. The molecule has 0 bridgehead atoms. The molecule has 0 heterocycles. The summed E-state index contributed by atoms with van der Waals surface area (Å²) in [5, 5.41) is 16.3. The maximum absolute atomic E-state index is 9.04. The van der Waals surface area contributed by atoms with E-state index < -0.39 is 11.9 Å². The molecular weight excluding hydrogens is 150 g/mol. The van der Waals surface area contributed by atoms with Crippen molar-refractivity contribution < 1.29 is 41.5 Å². The van der Waals surface area contributed by atoms with E-state index in [1.54, 1.807) is 0 Å². The molecule has 0 radical (unpaired) electrons. The normalized spacial score (nSPS) is 5.50. The van der Waals surface area contributed by atoms with Crippen LogP contribution < -0.4 is 11.3 Å². The molecule has 0 aromatic carbocycles. The van der Waals surface area contributed by atoms with Crippen LogP contribution in [0, 0.1) is 0 Å². The van der Waals surface area contributed by atoms with Crippen LogP contribution in [0.25, 0.3) is 0 Å². The third-order valence-corrected chi connectivity index (χ3v) is 0.175. The van der Waals surface area contributed by atoms with Gasteiger partial charge in [0.05, 0.1) is 0 Å². The van der Waals surface area contributed by atoms with Crippen molar-refractivity contribution in [1.29, 1.82) is 0 Å². The number of carbonyl (C=O) groups is 2. The third kappa shape index (κ3) is 9.15. The van der Waals surface area contributed by atoms with Crippen LogP contribution in [0.5, 0.6) is 0 Å². The standard InChI is InChI=1S/C2H2O4.H3N.Ti/c3-1(4)2(5)6;;/h(H,3,4)(H,5,6);1H3;/p-1. The van der Waals surface area contributed by atoms with Gasteiger partial charge in [0.1, 0.15) is 0 Å². The van der Waals surface area contributed by atoms with Gasteiger partial charge in [0.15, 0.2) is 5.97 Å². The van der Waals surface area contributed by atoms with Crippen LogP contribution >= 0.6 is 0 Å². The molecule has 46 valence electrons. The molecule has 0 aromatic heterocycles. The Morgan fingerprint density at radius 3 is 1.50 bits per heavy atom. The zero-order valence-electron chi connectivity index (χ0n) is 3.88. The Bertz CT molecular complexity index is 80.0. The Balaban J connectivity index is -0.000000125. The fourth-order valence-corrected chi connectivity index (χ4v) is 0. The SMILES string of the molecule is N.O=C([O-])C(=O)O.[Ti]. The number of carboxylic acid groups (broad SMARTS) is 2. The van der Waals surface area contributed by atoms with Crippen LogP contribution in [0.2, 0.25) is 0 Å². The van der Waals surface area contributed by atoms with Gasteiger partial charge in [-0.05, 0) is 0 Å². The Morgan fingerprint density at radius 1 is 1.38 bits per heavy atom. The second kappa shape index (κ2) is 6.61. The van der Waals surface area contributed by atoms with Crippen LogP contribution in [-0.2, 0) is 31.3 Å². The summed E-state index contributed by atoms with van der Waals surface area (Å²) in [6.07, 6.45) is 0. The van der Waals surface area contributed by atoms with Gasteiger partial charge in [-0.3, -0.25) is 0 Å². The summed E-state index contributed by atoms with van der Waals surface area (Å²) >= 11 is 0. The van der Waals surface area contributed by atoms with Crippen molar-refractivity contribution in [2.45, 2.75) is 0 Å². The van der Waals surface area contributed by atoms with E-state index in [-0.39, 0.29) is 27.9 Å². The summed E-state index contributed by atoms with van der Waals surface area (Å²) in [6, 6.07) is 0. The van der Waals surface area contributed by atoms with E-state index >= 15 is 0 Å². The van der Waals surface area contributed by atoms with Crippen molar-refractivity contribution in [3.05, 3.63) is 0 Å². The molecule has 0 saturated carbocycles. The second-order valence-corrected chi connectivity index (χ2v) is 0.593. The van der Waals surface area contributed by atoms with Crippen molar-refractivity contribution >= 4 is 11.9 Å². The number of hydrogen-bond acceptors (Lipinski definition) is 4. The molecular formula is C2H4NO4Ti-. The molecule has 0 aliphatic carbocycles. The van der Waals surface area contributed by atoms with Crippen LogP contribution in [0.1, 0.15) is 0 Å². The van der Waals surface area contributed by atoms with E-state index in [2.05, 4.69) is 0 Å². The zero-order chi connectivity index (χ0) is 5.15. The van der Waals surface area contributed by atoms with Crippen molar-refractivity contribution in [2.24, 2.45) is 0 Å². The average molecular weight is 154 g/mol. The average Bonchev–Trinajstić information content (AvgIpc) is 1.36. The molecule has 0 aliphatic heterocycles. The van der Waals surface area contributed by atoms with Gasteiger partial charge in [-0.2, -0.15) is 0 Å². The largest absolute Gasteiger partial charge is 0.539 e. The predicted octanol–water partition coefficient (Wildman–Crippen LogP) is -2.02. The molecule has 4 N–H and O–H groups in total. The van der Waals surface area contributed by atoms with Crippen LogP contribution in [0.4, 0.5) is 0 Å². The van der Waals surface area contributed by atoms with Gasteiger partial charge < -0.3 is 21.2 Å². The number of aliphatic carboxylic acids is 2. The molecule has 6 heteroatoms. The monoisotopic (exact) mass is 154 g/mol. The van der Waals surface area contributed by atoms with E-state index in [0.29, 0.717) is 0 Å². The van der Waals surface area contributed by atoms with Gasteiger partial charge >= 0.3 is 5.97 Å². The minimum absolute atomic E-state index is 0. The Labute approximate surface area is 60.2 Å². The van der Waals surface area contributed by atoms with Gasteiger partial charge in [0.2, 0.25) is 0 Å². The van der Waals surface area contributed by atoms with Gasteiger partial charge in [-0.25, -0.2) is 4.79 Å². The first kappa shape index (κ1) is 15.6. The van der Waals surface area contributed by atoms with Gasteiger partial charge in [0.25, 0.3) is 0 Å². The minimum Gasteiger partial charge on any atom is -0.539 e. The quantitative estimate of drug-likeness (QED) is 0.308. The third-order valence-electron chi connectivity index (χ3n) is 0.175. The molecule has 0 aromatic rings. The van der Waals surface area contributed by atoms with Crippen molar-refractivity contribution in [1.82, 2.24) is 6.15 Å². The summed E-state index contributed by atoms with van der Waals surface area (Å²) in [5.74, 6) is -4.01. The molecule has 8 heavy (non-hydrogen) atoms. The first-order valence-electron chi connectivity index (χ1n) is 1.09. The second-order valence-electron chi connectivity index (χ2n) is 0.593. The summed E-state index contributed by atoms with van der Waals surface area (Å²) in [6.45, 7) is 0. The Hall–Kier alpha value is -0.386. The topological polar surface area (TPSA) is 112 Å². The Kier molecular flexibility index (Phi) is 12.9. The van der Waals surface area contributed by atoms with Gasteiger partial charge in [0, 0.05) is 21.7 Å². The maximum Gasteiger partial charge on any atom is 0.351 e. The smallest absolute Gasteiger partial charge is 0.351 e. The first-order chi connectivity index (χ1) is 2.64. The summed E-state index contributed by atoms with van der Waals surface area (Å²) < 4.78 is 0. The van der Waals surface area contributed by atoms with E-state index in [9.17, 15) is 0 Å². The number of carbonyl (C=O) groups excluding carboxylic acids is 1. The molecule has 0 aliphatic rings. The molecule has 0 saturated heterocycles. The fraction of sp³-hybridized carbons (Fsp3) is 0. The van der Waals surface area contributed by atoms with E-state index in [1.807, 2.05) is 0 Å². The summed E-state index contributed by atoms with van der Waals surface area (Å²) in [4.78, 5) is 18.0. The summed E-state index contributed by atoms with van der Waals surface area (Å²) in [7, 11) is 0. The first-order valence-corrected chi connectivity index (χ1v) is 1.09.